The van der Waals surface area contributed by atoms with Gasteiger partial charge in [-0.3, -0.25) is 0 Å². The average molecular weight is 566 g/mol. The van der Waals surface area contributed by atoms with Crippen LogP contribution in [-0.2, 0) is 0 Å². The molecule has 0 aliphatic rings. The molecule has 0 spiro atoms. The zero-order chi connectivity index (χ0) is 28.8. The molecule has 0 N–H and O–H groups in total. The van der Waals surface area contributed by atoms with Crippen molar-refractivity contribution >= 4 is 95.7 Å². The van der Waals surface area contributed by atoms with Crippen LogP contribution in [0.1, 0.15) is 5.56 Å². The second kappa shape index (κ2) is 9.04. The predicted octanol–water partition coefficient (Wildman–Crippen LogP) is 11.0. The second-order valence-electron chi connectivity index (χ2n) is 12.5. The number of nitrogens with zero attached hydrogens (tertiary/aromatic N) is 1. The summed E-state index contributed by atoms with van der Waals surface area (Å²) in [5, 5.41) is 17.3. The zero-order valence-electron chi connectivity index (χ0n) is 24.6. The van der Waals surface area contributed by atoms with E-state index >= 15 is 0 Å². The number of hydrogen-bond acceptors (Lipinski definition) is 1. The van der Waals surface area contributed by atoms with Gasteiger partial charge < -0.3 is 4.90 Å². The number of rotatable bonds is 4. The van der Waals surface area contributed by atoms with Crippen LogP contribution < -0.4 is 10.1 Å². The molecule has 0 saturated heterocycles. The van der Waals surface area contributed by atoms with E-state index in [1.54, 1.807) is 0 Å². The van der Waals surface area contributed by atoms with Gasteiger partial charge in [0.25, 0.3) is 0 Å². The highest BCUT2D eigenvalue weighted by atomic mass is 28.3. The van der Waals surface area contributed by atoms with E-state index in [0.29, 0.717) is 0 Å². The molecular formula is C41H31NSi. The molecule has 0 aromatic heterocycles. The van der Waals surface area contributed by atoms with Crippen LogP contribution in [0.25, 0.3) is 64.6 Å². The molecule has 0 aliphatic carbocycles. The number of hydrogen-bond donors (Lipinski definition) is 0. The molecule has 43 heavy (non-hydrogen) atoms. The highest BCUT2D eigenvalue weighted by molar-refractivity contribution is 6.70. The van der Waals surface area contributed by atoms with Crippen molar-refractivity contribution in [2.75, 3.05) is 4.90 Å². The smallest absolute Gasteiger partial charge is 0.0648 e. The molecule has 0 fully saturated rings. The largest absolute Gasteiger partial charge is 0.310 e. The third-order valence-corrected chi connectivity index (χ3v) is 11.1. The first-order valence-corrected chi connectivity index (χ1v) is 18.2. The molecule has 204 valence electrons. The molecular weight excluding hydrogens is 535 g/mol. The lowest BCUT2D eigenvalue weighted by molar-refractivity contribution is 1.29. The Morgan fingerprint density at radius 3 is 1.14 bits per heavy atom. The van der Waals surface area contributed by atoms with E-state index in [-0.39, 0.29) is 0 Å². The van der Waals surface area contributed by atoms with Gasteiger partial charge in [-0.25, -0.2) is 0 Å². The van der Waals surface area contributed by atoms with Gasteiger partial charge in [-0.2, -0.15) is 0 Å². The third kappa shape index (κ3) is 3.70. The van der Waals surface area contributed by atoms with Gasteiger partial charge in [0.15, 0.2) is 0 Å². The molecule has 0 aliphatic heterocycles. The molecule has 9 rings (SSSR count). The van der Waals surface area contributed by atoms with E-state index < -0.39 is 8.80 Å². The van der Waals surface area contributed by atoms with Crippen LogP contribution in [0.4, 0.5) is 17.1 Å². The lowest BCUT2D eigenvalue weighted by atomic mass is 9.92. The Balaban J connectivity index is 1.35. The van der Waals surface area contributed by atoms with Gasteiger partial charge in [-0.05, 0) is 114 Å². The average Bonchev–Trinajstić information content (AvgIpc) is 3.02. The molecule has 9 aromatic carbocycles. The summed E-state index contributed by atoms with van der Waals surface area (Å²) in [4.78, 5) is 2.50. The molecule has 0 atom stereocenters. The first-order valence-electron chi connectivity index (χ1n) is 15.3. The molecule has 9 aromatic rings. The summed E-state index contributed by atoms with van der Waals surface area (Å²) in [5.74, 6) is 0. The number of anilines is 3. The molecule has 0 bridgehead atoms. The summed E-state index contributed by atoms with van der Waals surface area (Å²) >= 11 is 0. The minimum Gasteiger partial charge on any atom is -0.310 e. The van der Waals surface area contributed by atoms with Crippen LogP contribution in [0, 0.1) is 6.92 Å². The van der Waals surface area contributed by atoms with E-state index in [1.807, 2.05) is 0 Å². The van der Waals surface area contributed by atoms with E-state index in [2.05, 4.69) is 152 Å². The van der Waals surface area contributed by atoms with Crippen molar-refractivity contribution in [1.29, 1.82) is 0 Å². The highest BCUT2D eigenvalue weighted by Crippen LogP contribution is 2.44. The van der Waals surface area contributed by atoms with Crippen molar-refractivity contribution in [2.45, 2.75) is 20.0 Å². The Kier molecular flexibility index (Phi) is 5.18. The van der Waals surface area contributed by atoms with Crippen LogP contribution in [0.3, 0.4) is 0 Å². The predicted molar refractivity (Wildman–Crippen MR) is 192 cm³/mol. The van der Waals surface area contributed by atoms with Gasteiger partial charge in [0.05, 0.1) is 8.80 Å². The van der Waals surface area contributed by atoms with Gasteiger partial charge in [-0.1, -0.05) is 109 Å². The molecule has 0 heterocycles. The Morgan fingerprint density at radius 2 is 0.744 bits per heavy atom. The first-order chi connectivity index (χ1) is 21.0. The minimum atomic E-state index is -1.02. The molecule has 1 nitrogen and oxygen atoms in total. The Hall–Kier alpha value is -4.92. The lowest BCUT2D eigenvalue weighted by Gasteiger charge is -2.28. The maximum atomic E-state index is 2.50. The van der Waals surface area contributed by atoms with Gasteiger partial charge in [0.1, 0.15) is 0 Å². The maximum absolute atomic E-state index is 2.50. The summed E-state index contributed by atoms with van der Waals surface area (Å²) in [6.07, 6.45) is 0. The SMILES string of the molecule is Cc1cc(N(c2cc3ccc4cccc5ccc(c2)c3c45)c2cc3ccc4cccc5ccc(c2)c3c45)cc([SiH](C)C)c1. The van der Waals surface area contributed by atoms with Crippen LogP contribution in [0.15, 0.2) is 127 Å². The molecule has 0 radical (unpaired) electrons. The summed E-state index contributed by atoms with van der Waals surface area (Å²) in [5.41, 5.74) is 4.94. The number of benzene rings is 9. The van der Waals surface area contributed by atoms with Crippen LogP contribution in [0.5, 0.6) is 0 Å². The molecule has 0 unspecified atom stereocenters. The Labute approximate surface area is 252 Å². The summed E-state index contributed by atoms with van der Waals surface area (Å²) < 4.78 is 0. The van der Waals surface area contributed by atoms with Crippen molar-refractivity contribution in [3.05, 3.63) is 133 Å². The van der Waals surface area contributed by atoms with Gasteiger partial charge in [0, 0.05) is 17.1 Å². The first kappa shape index (κ1) is 24.7. The molecule has 0 saturated carbocycles. The normalized spacial score (nSPS) is 12.3. The van der Waals surface area contributed by atoms with Gasteiger partial charge >= 0.3 is 0 Å². The minimum absolute atomic E-state index is 1.02. The lowest BCUT2D eigenvalue weighted by Crippen LogP contribution is -2.24. The van der Waals surface area contributed by atoms with Crippen LogP contribution in [0.2, 0.25) is 13.1 Å². The summed E-state index contributed by atoms with van der Waals surface area (Å²) in [6.45, 7) is 7.08. The Morgan fingerprint density at radius 1 is 0.395 bits per heavy atom. The monoisotopic (exact) mass is 565 g/mol. The van der Waals surface area contributed by atoms with Gasteiger partial charge in [-0.15, -0.1) is 0 Å². The van der Waals surface area contributed by atoms with Crippen molar-refractivity contribution in [3.63, 3.8) is 0 Å². The standard InChI is InChI=1S/C41H31NSi/c1-25-18-34(24-37(19-25)43(2)3)42(35-20-30-14-10-26-6-4-7-27-11-15-31(21-35)40(30)38(26)27)36-22-32-16-12-28-8-5-9-29-13-17-33(23-36)41(32)39(28)29/h4-24,43H,1-3H3. The van der Waals surface area contributed by atoms with Crippen molar-refractivity contribution in [1.82, 2.24) is 0 Å². The third-order valence-electron chi connectivity index (χ3n) is 9.42. The van der Waals surface area contributed by atoms with Gasteiger partial charge in [0.2, 0.25) is 0 Å². The van der Waals surface area contributed by atoms with Crippen molar-refractivity contribution in [2.24, 2.45) is 0 Å². The fraction of sp³-hybridized carbons (Fsp3) is 0.0732. The topological polar surface area (TPSA) is 3.24 Å². The molecule has 0 amide bonds. The highest BCUT2D eigenvalue weighted by Gasteiger charge is 2.19. The Bertz CT molecular complexity index is 2230. The fourth-order valence-corrected chi connectivity index (χ4v) is 8.53. The molecule has 2 heteroatoms. The van der Waals surface area contributed by atoms with E-state index in [0.717, 1.165) is 0 Å². The zero-order valence-corrected chi connectivity index (χ0v) is 25.8. The number of aryl methyl sites for hydroxylation is 1. The van der Waals surface area contributed by atoms with Crippen molar-refractivity contribution in [3.8, 4) is 0 Å². The second-order valence-corrected chi connectivity index (χ2v) is 15.5. The van der Waals surface area contributed by atoms with E-state index in [9.17, 15) is 0 Å². The fourth-order valence-electron chi connectivity index (χ4n) is 7.43. The van der Waals surface area contributed by atoms with E-state index in [4.69, 9.17) is 0 Å². The summed E-state index contributed by atoms with van der Waals surface area (Å²) in [6, 6.07) is 48.3. The van der Waals surface area contributed by atoms with Crippen LogP contribution >= 0.6 is 0 Å². The maximum Gasteiger partial charge on any atom is 0.0648 e. The quantitative estimate of drug-likeness (QED) is 0.152. The van der Waals surface area contributed by atoms with Crippen molar-refractivity contribution < 1.29 is 0 Å². The van der Waals surface area contributed by atoms with Crippen LogP contribution in [-0.4, -0.2) is 8.80 Å². The van der Waals surface area contributed by atoms with E-state index in [1.165, 1.54) is 92.4 Å². The summed E-state index contributed by atoms with van der Waals surface area (Å²) in [7, 11) is -1.02.